The van der Waals surface area contributed by atoms with E-state index in [9.17, 15) is 5.11 Å². The molecule has 1 aliphatic carbocycles. The van der Waals surface area contributed by atoms with Crippen molar-refractivity contribution < 1.29 is 9.84 Å². The fourth-order valence-electron chi connectivity index (χ4n) is 1.09. The average Bonchev–Trinajstić information content (AvgIpc) is 2.06. The second-order valence-electron chi connectivity index (χ2n) is 2.53. The molecule has 2 N–H and O–H groups in total. The summed E-state index contributed by atoms with van der Waals surface area (Å²) in [5.74, 6) is 0. The van der Waals surface area contributed by atoms with Crippen LogP contribution in [0, 0.1) is 0 Å². The fraction of sp³-hybridized carbons (Fsp3) is 0.500. The molecule has 11 heavy (non-hydrogen) atoms. The van der Waals surface area contributed by atoms with Crippen molar-refractivity contribution in [1.82, 2.24) is 0 Å². The van der Waals surface area contributed by atoms with Crippen molar-refractivity contribution in [3.05, 3.63) is 24.3 Å². The van der Waals surface area contributed by atoms with Gasteiger partial charge in [0.25, 0.3) is 0 Å². The van der Waals surface area contributed by atoms with Gasteiger partial charge in [-0.1, -0.05) is 12.2 Å². The molecule has 0 saturated carbocycles. The maximum Gasteiger partial charge on any atom is 0.145 e. The lowest BCUT2D eigenvalue weighted by atomic mass is 9.92. The Balaban J connectivity index is 2.82. The molecule has 3 heteroatoms. The van der Waals surface area contributed by atoms with Crippen molar-refractivity contribution in [2.45, 2.75) is 11.7 Å². The van der Waals surface area contributed by atoms with Gasteiger partial charge in [0.05, 0.1) is 0 Å². The maximum absolute atomic E-state index is 11.3. The molecule has 0 heterocycles. The minimum Gasteiger partial charge on any atom is -0.370 e. The first-order valence-corrected chi connectivity index (χ1v) is 3.52. The highest BCUT2D eigenvalue weighted by atomic mass is 16.5. The molecule has 0 aromatic rings. The first-order valence-electron chi connectivity index (χ1n) is 3.52. The van der Waals surface area contributed by atoms with Crippen LogP contribution >= 0.6 is 0 Å². The highest BCUT2D eigenvalue weighted by Crippen LogP contribution is 2.20. The molecule has 0 amide bonds. The van der Waals surface area contributed by atoms with E-state index < -0.39 is 11.7 Å². The molecular weight excluding hydrogens is 142 g/mol. The summed E-state index contributed by atoms with van der Waals surface area (Å²) in [5, 5.41) is 11.3. The topological polar surface area (TPSA) is 55.1 Å². The summed E-state index contributed by atoms with van der Waals surface area (Å²) in [7, 11) is 1.50. The Hall–Kier alpha value is -0.640. The van der Waals surface area contributed by atoms with Gasteiger partial charge < -0.3 is 10.5 Å². The zero-order chi connectivity index (χ0) is 8.32. The fourth-order valence-corrected chi connectivity index (χ4v) is 1.09. The Morgan fingerprint density at radius 1 is 1.64 bits per heavy atom. The minimum atomic E-state index is -0.887. The first kappa shape index (κ1) is 8.46. The van der Waals surface area contributed by atoms with Gasteiger partial charge in [-0.05, 0) is 12.2 Å². The van der Waals surface area contributed by atoms with E-state index in [1.54, 1.807) is 24.3 Å². The van der Waals surface area contributed by atoms with Crippen molar-refractivity contribution >= 4 is 0 Å². The van der Waals surface area contributed by atoms with E-state index in [1.807, 2.05) is 0 Å². The van der Waals surface area contributed by atoms with Crippen molar-refractivity contribution in [2.75, 3.05) is 13.7 Å². The summed E-state index contributed by atoms with van der Waals surface area (Å²) in [4.78, 5) is 0. The van der Waals surface area contributed by atoms with E-state index in [0.29, 0.717) is 0 Å². The van der Waals surface area contributed by atoms with Crippen LogP contribution in [0.15, 0.2) is 24.3 Å². The Bertz CT molecular complexity index is 183. The van der Waals surface area contributed by atoms with Gasteiger partial charge in [-0.3, -0.25) is 0 Å². The van der Waals surface area contributed by atoms with Gasteiger partial charge in [-0.2, -0.15) is 0 Å². The van der Waals surface area contributed by atoms with E-state index in [4.69, 9.17) is 10.5 Å². The second-order valence-corrected chi connectivity index (χ2v) is 2.53. The van der Waals surface area contributed by atoms with Crippen molar-refractivity contribution in [2.24, 2.45) is 5.73 Å². The lowest BCUT2D eigenvalue weighted by Crippen LogP contribution is -2.48. The predicted octanol–water partition coefficient (Wildman–Crippen LogP) is 0.255. The molecule has 0 fully saturated rings. The third kappa shape index (κ3) is 1.35. The molecule has 0 bridgehead atoms. The molecule has 0 spiro atoms. The first-order chi connectivity index (χ1) is 5.25. The third-order valence-electron chi connectivity index (χ3n) is 1.96. The number of methoxy groups -OCH3 is 1. The third-order valence-corrected chi connectivity index (χ3v) is 1.96. The molecule has 0 aliphatic heterocycles. The summed E-state index contributed by atoms with van der Waals surface area (Å²) in [6, 6.07) is 0. The monoisotopic (exact) mass is 154 g/mol. The Labute approximate surface area is 66.2 Å². The average molecular weight is 154 g/mol. The second kappa shape index (κ2) is 3.17. The van der Waals surface area contributed by atoms with Gasteiger partial charge in [0.1, 0.15) is 11.7 Å². The van der Waals surface area contributed by atoms with Crippen LogP contribution in [0.4, 0.5) is 0 Å². The summed E-state index contributed by atoms with van der Waals surface area (Å²) in [6.45, 7) is 0.221. The summed E-state index contributed by atoms with van der Waals surface area (Å²) >= 11 is 0. The number of hydrogen-bond acceptors (Lipinski definition) is 2. The molecule has 3 nitrogen and oxygen atoms in total. The highest BCUT2D eigenvalue weighted by Gasteiger charge is 2.34. The molecule has 2 atom stereocenters. The summed E-state index contributed by atoms with van der Waals surface area (Å²) in [6.07, 6.45) is 5.87. The van der Waals surface area contributed by atoms with Crippen LogP contribution in [0.1, 0.15) is 0 Å². The quantitative estimate of drug-likeness (QED) is 0.620. The zero-order valence-electron chi connectivity index (χ0n) is 6.49. The normalized spacial score (nSPS) is 36.1. The van der Waals surface area contributed by atoms with Crippen LogP contribution in [-0.4, -0.2) is 25.4 Å². The van der Waals surface area contributed by atoms with Crippen molar-refractivity contribution in [3.8, 4) is 0 Å². The van der Waals surface area contributed by atoms with Crippen molar-refractivity contribution in [1.29, 1.82) is 0 Å². The molecule has 2 unspecified atom stereocenters. The molecule has 0 aromatic carbocycles. The van der Waals surface area contributed by atoms with E-state index >= 15 is 0 Å². The molecule has 0 saturated heterocycles. The van der Waals surface area contributed by atoms with Gasteiger partial charge in [-0.25, -0.2) is 5.11 Å². The van der Waals surface area contributed by atoms with E-state index in [1.165, 1.54) is 7.11 Å². The number of hydrogen-bond donors (Lipinski definition) is 1. The van der Waals surface area contributed by atoms with Crippen LogP contribution in [-0.2, 0) is 9.84 Å². The van der Waals surface area contributed by atoms with Gasteiger partial charge in [0, 0.05) is 13.7 Å². The minimum absolute atomic E-state index is 0.221. The van der Waals surface area contributed by atoms with Crippen LogP contribution in [0.3, 0.4) is 0 Å². The summed E-state index contributed by atoms with van der Waals surface area (Å²) < 4.78 is 5.06. The maximum atomic E-state index is 11.3. The molecule has 0 aromatic heterocycles. The largest absolute Gasteiger partial charge is 0.370 e. The molecular formula is C8H12NO2. The van der Waals surface area contributed by atoms with E-state index in [-0.39, 0.29) is 6.54 Å². The SMILES string of the molecule is COC1(CN)C=CC=CC1[O]. The van der Waals surface area contributed by atoms with E-state index in [0.717, 1.165) is 0 Å². The number of nitrogens with two attached hydrogens (primary N) is 1. The molecule has 61 valence electrons. The van der Waals surface area contributed by atoms with Gasteiger partial charge in [-0.15, -0.1) is 0 Å². The highest BCUT2D eigenvalue weighted by molar-refractivity contribution is 5.23. The number of rotatable bonds is 2. The summed E-state index contributed by atoms with van der Waals surface area (Å²) in [5.41, 5.74) is 4.60. The smallest absolute Gasteiger partial charge is 0.145 e. The number of allylic oxidation sites excluding steroid dienone is 2. The Kier molecular flexibility index (Phi) is 2.44. The predicted molar refractivity (Wildman–Crippen MR) is 41.5 cm³/mol. The zero-order valence-corrected chi connectivity index (χ0v) is 6.49. The lowest BCUT2D eigenvalue weighted by molar-refractivity contribution is -0.0701. The Morgan fingerprint density at radius 2 is 2.36 bits per heavy atom. The van der Waals surface area contributed by atoms with Gasteiger partial charge in [0.15, 0.2) is 0 Å². The number of ether oxygens (including phenoxy) is 1. The van der Waals surface area contributed by atoms with E-state index in [2.05, 4.69) is 0 Å². The van der Waals surface area contributed by atoms with Crippen LogP contribution in [0.5, 0.6) is 0 Å². The molecule has 1 aliphatic rings. The molecule has 1 rings (SSSR count). The van der Waals surface area contributed by atoms with Crippen molar-refractivity contribution in [3.63, 3.8) is 0 Å². The Morgan fingerprint density at radius 3 is 2.73 bits per heavy atom. The van der Waals surface area contributed by atoms with Crippen LogP contribution < -0.4 is 5.73 Å². The molecule has 1 radical (unpaired) electrons. The standard InChI is InChI=1S/C8H12NO2/c1-11-8(6-9)5-3-2-4-7(8)10/h2-5,7H,6,9H2,1H3. The lowest BCUT2D eigenvalue weighted by Gasteiger charge is -2.31. The van der Waals surface area contributed by atoms with Crippen LogP contribution in [0.25, 0.3) is 0 Å². The van der Waals surface area contributed by atoms with Gasteiger partial charge in [0.2, 0.25) is 0 Å². The van der Waals surface area contributed by atoms with Gasteiger partial charge >= 0.3 is 0 Å². The van der Waals surface area contributed by atoms with Crippen LogP contribution in [0.2, 0.25) is 0 Å².